The van der Waals surface area contributed by atoms with Crippen LogP contribution in [0.25, 0.3) is 0 Å². The van der Waals surface area contributed by atoms with E-state index in [2.05, 4.69) is 24.0 Å². The molecule has 1 unspecified atom stereocenters. The molecule has 4 nitrogen and oxygen atoms in total. The molecule has 0 saturated carbocycles. The molecule has 0 aliphatic carbocycles. The van der Waals surface area contributed by atoms with Crippen LogP contribution in [0.4, 0.5) is 0 Å². The van der Waals surface area contributed by atoms with Gasteiger partial charge in [-0.3, -0.25) is 0 Å². The summed E-state index contributed by atoms with van der Waals surface area (Å²) in [4.78, 5) is 0. The number of nitrogens with zero attached hydrogens (tertiary/aromatic N) is 3. The molecule has 1 heterocycles. The molecule has 0 radical (unpaired) electrons. The second-order valence-corrected chi connectivity index (χ2v) is 4.43. The van der Waals surface area contributed by atoms with E-state index in [-0.39, 0.29) is 6.04 Å². The van der Waals surface area contributed by atoms with Crippen LogP contribution in [0.3, 0.4) is 0 Å². The summed E-state index contributed by atoms with van der Waals surface area (Å²) < 4.78 is 1.90. The van der Waals surface area contributed by atoms with Crippen LogP contribution in [-0.4, -0.2) is 26.6 Å². The van der Waals surface area contributed by atoms with Gasteiger partial charge in [0.15, 0.2) is 5.16 Å². The van der Waals surface area contributed by atoms with Gasteiger partial charge in [0, 0.05) is 18.8 Å². The second-order valence-electron chi connectivity index (χ2n) is 3.44. The van der Waals surface area contributed by atoms with E-state index in [0.29, 0.717) is 5.92 Å². The first-order chi connectivity index (χ1) is 6.11. The molecule has 0 aliphatic heterocycles. The molecule has 0 bridgehead atoms. The maximum atomic E-state index is 5.90. The van der Waals surface area contributed by atoms with Crippen LogP contribution in [0, 0.1) is 5.92 Å². The van der Waals surface area contributed by atoms with Crippen molar-refractivity contribution in [1.29, 1.82) is 0 Å². The third-order valence-electron chi connectivity index (χ3n) is 1.93. The van der Waals surface area contributed by atoms with Crippen molar-refractivity contribution in [3.8, 4) is 0 Å². The Bertz CT molecular complexity index is 258. The fraction of sp³-hybridized carbons (Fsp3) is 0.750. The highest BCUT2D eigenvalue weighted by Crippen LogP contribution is 2.16. The van der Waals surface area contributed by atoms with Crippen molar-refractivity contribution in [3.63, 3.8) is 0 Å². The first-order valence-corrected chi connectivity index (χ1v) is 5.32. The van der Waals surface area contributed by atoms with Gasteiger partial charge in [0.05, 0.1) is 0 Å². The lowest BCUT2D eigenvalue weighted by Gasteiger charge is -2.13. The largest absolute Gasteiger partial charge is 0.327 e. The smallest absolute Gasteiger partial charge is 0.190 e. The van der Waals surface area contributed by atoms with E-state index in [1.54, 1.807) is 18.1 Å². The minimum absolute atomic E-state index is 0.224. The van der Waals surface area contributed by atoms with E-state index in [9.17, 15) is 0 Å². The lowest BCUT2D eigenvalue weighted by Crippen LogP contribution is -2.28. The van der Waals surface area contributed by atoms with Gasteiger partial charge in [-0.05, 0) is 5.92 Å². The summed E-state index contributed by atoms with van der Waals surface area (Å²) in [6.07, 6.45) is 1.70. The average molecular weight is 200 g/mol. The summed E-state index contributed by atoms with van der Waals surface area (Å²) in [6, 6.07) is 0.224. The number of rotatable bonds is 4. The van der Waals surface area contributed by atoms with Gasteiger partial charge < -0.3 is 10.3 Å². The van der Waals surface area contributed by atoms with Gasteiger partial charge in [-0.2, -0.15) is 0 Å². The van der Waals surface area contributed by atoms with E-state index >= 15 is 0 Å². The molecule has 1 aromatic rings. The first-order valence-electron chi connectivity index (χ1n) is 4.33. The molecule has 0 fully saturated rings. The number of thioether (sulfide) groups is 1. The van der Waals surface area contributed by atoms with Crippen molar-refractivity contribution in [3.05, 3.63) is 6.33 Å². The van der Waals surface area contributed by atoms with Crippen molar-refractivity contribution < 1.29 is 0 Å². The Kier molecular flexibility index (Phi) is 3.74. The van der Waals surface area contributed by atoms with Crippen LogP contribution < -0.4 is 5.73 Å². The molecule has 1 atom stereocenters. The standard InChI is InChI=1S/C8H16N4S/c1-6(2)7(9)4-13-8-11-10-5-12(8)3/h5-7H,4,9H2,1-3H3. The molecule has 0 aliphatic rings. The number of hydrogen-bond donors (Lipinski definition) is 1. The summed E-state index contributed by atoms with van der Waals surface area (Å²) in [7, 11) is 1.93. The van der Waals surface area contributed by atoms with Crippen LogP contribution in [-0.2, 0) is 7.05 Å². The molecule has 0 amide bonds. The molecule has 13 heavy (non-hydrogen) atoms. The Morgan fingerprint density at radius 3 is 2.77 bits per heavy atom. The quantitative estimate of drug-likeness (QED) is 0.733. The first kappa shape index (κ1) is 10.5. The van der Waals surface area contributed by atoms with Crippen molar-refractivity contribution in [2.75, 3.05) is 5.75 Å². The molecule has 0 spiro atoms. The Labute approximate surface area is 82.9 Å². The van der Waals surface area contributed by atoms with Crippen LogP contribution in [0.1, 0.15) is 13.8 Å². The minimum atomic E-state index is 0.224. The highest BCUT2D eigenvalue weighted by Gasteiger charge is 2.09. The predicted octanol–water partition coefficient (Wildman–Crippen LogP) is 0.890. The van der Waals surface area contributed by atoms with Gasteiger partial charge in [0.1, 0.15) is 6.33 Å². The molecular weight excluding hydrogens is 184 g/mol. The second kappa shape index (κ2) is 4.62. The third kappa shape index (κ3) is 3.00. The van der Waals surface area contributed by atoms with Crippen LogP contribution in [0.15, 0.2) is 11.5 Å². The van der Waals surface area contributed by atoms with Crippen molar-refractivity contribution in [2.45, 2.75) is 25.0 Å². The van der Waals surface area contributed by atoms with E-state index in [4.69, 9.17) is 5.73 Å². The Hall–Kier alpha value is -0.550. The Morgan fingerprint density at radius 1 is 1.62 bits per heavy atom. The van der Waals surface area contributed by atoms with Gasteiger partial charge >= 0.3 is 0 Å². The molecule has 1 rings (SSSR count). The summed E-state index contributed by atoms with van der Waals surface area (Å²) in [5.74, 6) is 1.41. The van der Waals surface area contributed by atoms with Crippen LogP contribution >= 0.6 is 11.8 Å². The molecule has 1 aromatic heterocycles. The van der Waals surface area contributed by atoms with Gasteiger partial charge in [-0.1, -0.05) is 25.6 Å². The molecule has 5 heteroatoms. The molecule has 0 aromatic carbocycles. The molecular formula is C8H16N4S. The summed E-state index contributed by atoms with van der Waals surface area (Å²) in [5.41, 5.74) is 5.90. The lowest BCUT2D eigenvalue weighted by molar-refractivity contribution is 0.535. The van der Waals surface area contributed by atoms with Crippen LogP contribution in [0.2, 0.25) is 0 Å². The van der Waals surface area contributed by atoms with Crippen molar-refractivity contribution >= 4 is 11.8 Å². The highest BCUT2D eigenvalue weighted by atomic mass is 32.2. The fourth-order valence-electron chi connectivity index (χ4n) is 0.766. The predicted molar refractivity (Wildman–Crippen MR) is 54.5 cm³/mol. The Balaban J connectivity index is 2.39. The van der Waals surface area contributed by atoms with Gasteiger partial charge in [-0.15, -0.1) is 10.2 Å². The molecule has 2 N–H and O–H groups in total. The zero-order valence-electron chi connectivity index (χ0n) is 8.27. The summed E-state index contributed by atoms with van der Waals surface area (Å²) in [5, 5.41) is 8.69. The third-order valence-corrected chi connectivity index (χ3v) is 3.11. The monoisotopic (exact) mass is 200 g/mol. The van der Waals surface area contributed by atoms with Crippen molar-refractivity contribution in [2.24, 2.45) is 18.7 Å². The number of nitrogens with two attached hydrogens (primary N) is 1. The minimum Gasteiger partial charge on any atom is -0.327 e. The molecule has 0 saturated heterocycles. The van der Waals surface area contributed by atoms with Crippen LogP contribution in [0.5, 0.6) is 0 Å². The topological polar surface area (TPSA) is 56.7 Å². The zero-order valence-corrected chi connectivity index (χ0v) is 9.08. The lowest BCUT2D eigenvalue weighted by atomic mass is 10.1. The van der Waals surface area contributed by atoms with Gasteiger partial charge in [-0.25, -0.2) is 0 Å². The highest BCUT2D eigenvalue weighted by molar-refractivity contribution is 7.99. The maximum absolute atomic E-state index is 5.90. The van der Waals surface area contributed by atoms with E-state index < -0.39 is 0 Å². The summed E-state index contributed by atoms with van der Waals surface area (Å²) >= 11 is 1.65. The molecule has 74 valence electrons. The average Bonchev–Trinajstić information content (AvgIpc) is 2.47. The normalized spacial score (nSPS) is 13.6. The number of aryl methyl sites for hydroxylation is 1. The van der Waals surface area contributed by atoms with E-state index in [1.807, 2.05) is 11.6 Å². The van der Waals surface area contributed by atoms with E-state index in [1.165, 1.54) is 0 Å². The summed E-state index contributed by atoms with van der Waals surface area (Å²) in [6.45, 7) is 4.25. The SMILES string of the molecule is CC(C)C(N)CSc1nncn1C. The van der Waals surface area contributed by atoms with E-state index in [0.717, 1.165) is 10.9 Å². The fourth-order valence-corrected chi connectivity index (χ4v) is 1.85. The van der Waals surface area contributed by atoms with Gasteiger partial charge in [0.2, 0.25) is 0 Å². The van der Waals surface area contributed by atoms with Gasteiger partial charge in [0.25, 0.3) is 0 Å². The van der Waals surface area contributed by atoms with Crippen molar-refractivity contribution in [1.82, 2.24) is 14.8 Å². The maximum Gasteiger partial charge on any atom is 0.190 e. The number of hydrogen-bond acceptors (Lipinski definition) is 4. The Morgan fingerprint density at radius 2 is 2.31 bits per heavy atom. The zero-order chi connectivity index (χ0) is 9.84. The number of aromatic nitrogens is 3.